The summed E-state index contributed by atoms with van der Waals surface area (Å²) in [4.78, 5) is 16.1. The molecule has 6 rings (SSSR count). The molecule has 1 fully saturated rings. The number of pyridine rings is 1. The van der Waals surface area contributed by atoms with Crippen LogP contribution in [0.25, 0.3) is 31.7 Å². The Morgan fingerprint density at radius 1 is 1.05 bits per heavy atom. The Bertz CT molecular complexity index is 1480. The van der Waals surface area contributed by atoms with Crippen LogP contribution < -0.4 is 20.0 Å². The molecule has 2 aliphatic rings. The van der Waals surface area contributed by atoms with E-state index in [9.17, 15) is 13.2 Å². The molecule has 3 aromatic heterocycles. The summed E-state index contributed by atoms with van der Waals surface area (Å²) in [7, 11) is 0. The topological polar surface area (TPSA) is 78.8 Å². The summed E-state index contributed by atoms with van der Waals surface area (Å²) in [5, 5.41) is 9.40. The number of nitrogens with zero attached hydrogens (tertiary/aromatic N) is 6. The van der Waals surface area contributed by atoms with Crippen molar-refractivity contribution < 1.29 is 17.9 Å². The Kier molecular flexibility index (Phi) is 6.07. The third-order valence-corrected chi connectivity index (χ3v) is 7.44. The molecule has 37 heavy (non-hydrogen) atoms. The van der Waals surface area contributed by atoms with Gasteiger partial charge in [-0.25, -0.2) is 9.97 Å². The minimum Gasteiger partial charge on any atom is -0.477 e. The number of aromatic nitrogens is 3. The van der Waals surface area contributed by atoms with Gasteiger partial charge >= 0.3 is 6.18 Å². The number of nitrogens with one attached hydrogen (secondary N) is 1. The van der Waals surface area contributed by atoms with Gasteiger partial charge in [0.05, 0.1) is 28.9 Å². The number of anilines is 2. The SMILES string of the molecule is CCOc1nc(N2CCNCC2)nc2c1sc1nc(-c3ccc(N4CCC=N4)cc3)cc(C(F)(F)F)c12. The maximum atomic E-state index is 14.5. The van der Waals surface area contributed by atoms with E-state index in [1.165, 1.54) is 0 Å². The number of alkyl halides is 3. The second-order valence-corrected chi connectivity index (χ2v) is 9.77. The monoisotopic (exact) mass is 527 g/mol. The standard InChI is InChI=1S/C25H24F3N7OS/c1-2-36-22-21-20(32-24(33-22)34-12-9-29-10-13-34)19-17(25(26,27)28)14-18(31-23(19)37-21)15-4-6-16(7-5-15)35-11-3-8-30-35/h4-8,14,29H,2-3,9-13H2,1H3. The Morgan fingerprint density at radius 2 is 1.84 bits per heavy atom. The minimum atomic E-state index is -4.60. The van der Waals surface area contributed by atoms with Crippen LogP contribution in [0.3, 0.4) is 0 Å². The molecule has 12 heteroatoms. The Labute approximate surface area is 214 Å². The second-order valence-electron chi connectivity index (χ2n) is 8.77. The molecule has 0 saturated carbocycles. The first-order valence-electron chi connectivity index (χ1n) is 12.1. The molecule has 0 spiro atoms. The first kappa shape index (κ1) is 23.9. The van der Waals surface area contributed by atoms with Crippen LogP contribution in [0.4, 0.5) is 24.8 Å². The summed E-state index contributed by atoms with van der Waals surface area (Å²) in [6.45, 7) is 5.75. The van der Waals surface area contributed by atoms with Crippen molar-refractivity contribution in [3.8, 4) is 17.1 Å². The maximum Gasteiger partial charge on any atom is 0.417 e. The van der Waals surface area contributed by atoms with Gasteiger partial charge in [0.15, 0.2) is 0 Å². The number of fused-ring (bicyclic) bond motifs is 3. The third kappa shape index (κ3) is 4.44. The molecule has 4 aromatic rings. The van der Waals surface area contributed by atoms with Crippen LogP contribution in [-0.4, -0.2) is 60.5 Å². The van der Waals surface area contributed by atoms with Gasteiger partial charge < -0.3 is 15.0 Å². The lowest BCUT2D eigenvalue weighted by atomic mass is 10.1. The van der Waals surface area contributed by atoms with Gasteiger partial charge in [0.25, 0.3) is 0 Å². The zero-order chi connectivity index (χ0) is 25.6. The van der Waals surface area contributed by atoms with Gasteiger partial charge in [0, 0.05) is 50.9 Å². The lowest BCUT2D eigenvalue weighted by Gasteiger charge is -2.27. The summed E-state index contributed by atoms with van der Waals surface area (Å²) < 4.78 is 49.6. The summed E-state index contributed by atoms with van der Waals surface area (Å²) in [5.74, 6) is 0.656. The molecule has 0 amide bonds. The predicted octanol–water partition coefficient (Wildman–Crippen LogP) is 4.93. The summed E-state index contributed by atoms with van der Waals surface area (Å²) >= 11 is 1.13. The number of halogens is 3. The molecule has 5 heterocycles. The van der Waals surface area contributed by atoms with Crippen LogP contribution in [0.5, 0.6) is 5.88 Å². The van der Waals surface area contributed by atoms with Gasteiger partial charge in [-0.05, 0) is 25.1 Å². The first-order valence-corrected chi connectivity index (χ1v) is 13.0. The van der Waals surface area contributed by atoms with E-state index in [0.717, 1.165) is 49.1 Å². The lowest BCUT2D eigenvalue weighted by molar-refractivity contribution is -0.136. The third-order valence-electron chi connectivity index (χ3n) is 6.38. The van der Waals surface area contributed by atoms with E-state index in [0.29, 0.717) is 35.9 Å². The van der Waals surface area contributed by atoms with Crippen molar-refractivity contribution in [2.24, 2.45) is 5.10 Å². The lowest BCUT2D eigenvalue weighted by Crippen LogP contribution is -2.44. The van der Waals surface area contributed by atoms with Crippen molar-refractivity contribution in [2.45, 2.75) is 19.5 Å². The highest BCUT2D eigenvalue weighted by Crippen LogP contribution is 2.45. The highest BCUT2D eigenvalue weighted by molar-refractivity contribution is 7.25. The van der Waals surface area contributed by atoms with Crippen molar-refractivity contribution >= 4 is 49.6 Å². The molecular weight excluding hydrogens is 503 g/mol. The fourth-order valence-corrected chi connectivity index (χ4v) is 5.69. The Morgan fingerprint density at radius 3 is 2.51 bits per heavy atom. The van der Waals surface area contributed by atoms with Crippen LogP contribution in [0.1, 0.15) is 18.9 Å². The fraction of sp³-hybridized carbons (Fsp3) is 0.360. The van der Waals surface area contributed by atoms with E-state index in [4.69, 9.17) is 4.74 Å². The van der Waals surface area contributed by atoms with Crippen LogP contribution in [-0.2, 0) is 6.18 Å². The van der Waals surface area contributed by atoms with E-state index < -0.39 is 11.7 Å². The summed E-state index contributed by atoms with van der Waals surface area (Å²) in [6, 6.07) is 8.36. The smallest absolute Gasteiger partial charge is 0.417 e. The second kappa shape index (κ2) is 9.42. The molecule has 0 aliphatic carbocycles. The maximum absolute atomic E-state index is 14.5. The van der Waals surface area contributed by atoms with E-state index in [-0.39, 0.29) is 27.3 Å². The number of benzene rings is 1. The number of hydrazone groups is 1. The number of thiophene rings is 1. The molecule has 0 unspecified atom stereocenters. The van der Waals surface area contributed by atoms with Crippen LogP contribution in [0.15, 0.2) is 35.4 Å². The number of piperazine rings is 1. The normalized spacial score (nSPS) is 16.3. The molecule has 1 N–H and O–H groups in total. The minimum absolute atomic E-state index is 0.0148. The van der Waals surface area contributed by atoms with Gasteiger partial charge in [-0.15, -0.1) is 11.3 Å². The number of ether oxygens (including phenoxy) is 1. The van der Waals surface area contributed by atoms with Crippen molar-refractivity contribution in [1.29, 1.82) is 0 Å². The van der Waals surface area contributed by atoms with Crippen molar-refractivity contribution in [3.63, 3.8) is 0 Å². The Hall–Kier alpha value is -3.51. The molecule has 0 bridgehead atoms. The van der Waals surface area contributed by atoms with Gasteiger partial charge in [0.1, 0.15) is 15.0 Å². The molecule has 2 aliphatic heterocycles. The van der Waals surface area contributed by atoms with Gasteiger partial charge in [-0.1, -0.05) is 12.1 Å². The molecule has 1 saturated heterocycles. The number of hydrogen-bond donors (Lipinski definition) is 1. The fourth-order valence-electron chi connectivity index (χ4n) is 4.61. The quantitative estimate of drug-likeness (QED) is 0.394. The zero-order valence-corrected chi connectivity index (χ0v) is 20.9. The predicted molar refractivity (Wildman–Crippen MR) is 140 cm³/mol. The molecular formula is C25H24F3N7OS. The van der Waals surface area contributed by atoms with Crippen LogP contribution in [0.2, 0.25) is 0 Å². The molecule has 1 aromatic carbocycles. The van der Waals surface area contributed by atoms with Crippen molar-refractivity contribution in [3.05, 3.63) is 35.9 Å². The van der Waals surface area contributed by atoms with Crippen molar-refractivity contribution in [1.82, 2.24) is 20.3 Å². The van der Waals surface area contributed by atoms with E-state index in [1.807, 2.05) is 35.2 Å². The molecule has 8 nitrogen and oxygen atoms in total. The van der Waals surface area contributed by atoms with Crippen molar-refractivity contribution in [2.75, 3.05) is 49.2 Å². The average Bonchev–Trinajstić information content (AvgIpc) is 3.57. The number of hydrogen-bond acceptors (Lipinski definition) is 9. The van der Waals surface area contributed by atoms with Gasteiger partial charge in [-0.3, -0.25) is 5.01 Å². The highest BCUT2D eigenvalue weighted by atomic mass is 32.1. The highest BCUT2D eigenvalue weighted by Gasteiger charge is 2.36. The van der Waals surface area contributed by atoms with E-state index in [2.05, 4.69) is 25.4 Å². The van der Waals surface area contributed by atoms with Crippen LogP contribution in [0, 0.1) is 0 Å². The number of rotatable bonds is 5. The molecule has 0 radical (unpaired) electrons. The zero-order valence-electron chi connectivity index (χ0n) is 20.0. The Balaban J connectivity index is 1.52. The summed E-state index contributed by atoms with van der Waals surface area (Å²) in [5.41, 5.74) is 1.18. The largest absolute Gasteiger partial charge is 0.477 e. The van der Waals surface area contributed by atoms with Gasteiger partial charge in [0.2, 0.25) is 11.8 Å². The molecule has 192 valence electrons. The average molecular weight is 528 g/mol. The van der Waals surface area contributed by atoms with E-state index in [1.54, 1.807) is 12.1 Å². The van der Waals surface area contributed by atoms with E-state index >= 15 is 0 Å². The van der Waals surface area contributed by atoms with Gasteiger partial charge in [-0.2, -0.15) is 23.3 Å². The summed E-state index contributed by atoms with van der Waals surface area (Å²) in [6.07, 6.45) is -1.89. The molecule has 0 atom stereocenters. The first-order chi connectivity index (χ1) is 17.9. The van der Waals surface area contributed by atoms with Crippen LogP contribution >= 0.6 is 11.3 Å².